The molecule has 0 spiro atoms. The van der Waals surface area contributed by atoms with Crippen LogP contribution in [0.25, 0.3) is 0 Å². The van der Waals surface area contributed by atoms with Crippen molar-refractivity contribution in [1.82, 2.24) is 0 Å². The molecule has 0 fully saturated rings. The van der Waals surface area contributed by atoms with Gasteiger partial charge in [0.15, 0.2) is 0 Å². The van der Waals surface area contributed by atoms with E-state index >= 15 is 0 Å². The van der Waals surface area contributed by atoms with Crippen LogP contribution >= 0.6 is 0 Å². The Labute approximate surface area is 276 Å². The van der Waals surface area contributed by atoms with Crippen LogP contribution in [0.5, 0.6) is 0 Å². The summed E-state index contributed by atoms with van der Waals surface area (Å²) in [5.74, 6) is -0.652. The van der Waals surface area contributed by atoms with Crippen molar-refractivity contribution in [2.45, 2.75) is 194 Å². The van der Waals surface area contributed by atoms with E-state index in [1.54, 1.807) is 0 Å². The van der Waals surface area contributed by atoms with E-state index in [2.05, 4.69) is 13.8 Å². The Bertz CT molecular complexity index is 417. The second kappa shape index (κ2) is 37.1. The van der Waals surface area contributed by atoms with Gasteiger partial charge in [0.1, 0.15) is 0 Å². The second-order valence-corrected chi connectivity index (χ2v) is 10.8. The number of rotatable bonds is 28. The van der Waals surface area contributed by atoms with Gasteiger partial charge in [0.25, 0.3) is 0 Å². The van der Waals surface area contributed by atoms with Crippen LogP contribution in [0.4, 0.5) is 0 Å². The van der Waals surface area contributed by atoms with Gasteiger partial charge in [0.2, 0.25) is 0 Å². The van der Waals surface area contributed by atoms with E-state index in [-0.39, 0.29) is 71.1 Å². The fourth-order valence-corrected chi connectivity index (χ4v) is 4.80. The van der Waals surface area contributed by atoms with Gasteiger partial charge < -0.3 is 4.74 Å². The fraction of sp³-hybridized carbons (Fsp3) is 0.938. The number of ether oxygens (including phenoxy) is 1. The van der Waals surface area contributed by atoms with Crippen LogP contribution in [0.1, 0.15) is 194 Å². The van der Waals surface area contributed by atoms with Crippen molar-refractivity contribution in [2.24, 2.45) is 0 Å². The molecule has 5 heteroatoms. The predicted octanol–water partition coefficient (Wildman–Crippen LogP) is 9.72. The quantitative estimate of drug-likeness (QED) is 0.0428. The Balaban J connectivity index is -0.00000578. The third kappa shape index (κ3) is 37.1. The van der Waals surface area contributed by atoms with E-state index in [1.807, 2.05) is 0 Å². The average Bonchev–Trinajstić information content (AvgIpc) is 2.85. The Morgan fingerprint density at radius 3 is 0.757 bits per heavy atom. The molecule has 0 aliphatic heterocycles. The van der Waals surface area contributed by atoms with Crippen molar-refractivity contribution in [3.63, 3.8) is 0 Å². The van der Waals surface area contributed by atoms with Crippen molar-refractivity contribution in [3.8, 4) is 0 Å². The SMILES string of the molecule is CCCCCCCCCCCCCCCC(=O)OC(=O)CCCCCCCCCCCCCCC.[NaH].[NaH]. The molecule has 0 saturated heterocycles. The molecule has 0 aromatic carbocycles. The average molecular weight is 543 g/mol. The van der Waals surface area contributed by atoms with Gasteiger partial charge in [-0.05, 0) is 12.8 Å². The molecular weight excluding hydrogens is 478 g/mol. The van der Waals surface area contributed by atoms with Gasteiger partial charge in [0.05, 0.1) is 0 Å². The summed E-state index contributed by atoms with van der Waals surface area (Å²) >= 11 is 0. The summed E-state index contributed by atoms with van der Waals surface area (Å²) in [5, 5.41) is 0. The molecule has 0 heterocycles. The Kier molecular flexibility index (Phi) is 42.8. The van der Waals surface area contributed by atoms with E-state index in [1.165, 1.54) is 141 Å². The fourth-order valence-electron chi connectivity index (χ4n) is 4.80. The number of carbonyl (C=O) groups excluding carboxylic acids is 2. The van der Waals surface area contributed by atoms with Crippen LogP contribution in [0.3, 0.4) is 0 Å². The van der Waals surface area contributed by atoms with Gasteiger partial charge in [-0.25, -0.2) is 0 Å². The standard InChI is InChI=1S/C32H62O3.2Na.2H/c1-3-5-7-9-11-13-15-17-19-21-23-25-27-29-31(33)35-32(34)30-28-26-24-22-20-18-16-14-12-10-8-6-4-2;;;;/h3-30H2,1-2H3;;;;. The van der Waals surface area contributed by atoms with E-state index in [0.717, 1.165) is 25.7 Å². The van der Waals surface area contributed by atoms with Gasteiger partial charge in [-0.1, -0.05) is 168 Å². The number of hydrogen-bond acceptors (Lipinski definition) is 3. The molecule has 3 nitrogen and oxygen atoms in total. The Morgan fingerprint density at radius 2 is 0.541 bits per heavy atom. The summed E-state index contributed by atoms with van der Waals surface area (Å²) in [7, 11) is 0. The molecule has 0 N–H and O–H groups in total. The third-order valence-electron chi connectivity index (χ3n) is 7.20. The van der Waals surface area contributed by atoms with Crippen molar-refractivity contribution in [1.29, 1.82) is 0 Å². The van der Waals surface area contributed by atoms with Gasteiger partial charge >= 0.3 is 71.1 Å². The van der Waals surface area contributed by atoms with Crippen LogP contribution in [-0.4, -0.2) is 71.1 Å². The number of hydrogen-bond donors (Lipinski definition) is 0. The molecule has 212 valence electrons. The molecule has 0 aromatic heterocycles. The molecule has 0 aliphatic carbocycles. The molecular formula is C32H64Na2O3. The normalized spacial score (nSPS) is 10.5. The summed E-state index contributed by atoms with van der Waals surface area (Å²) in [6, 6.07) is 0. The first-order chi connectivity index (χ1) is 17.2. The van der Waals surface area contributed by atoms with Gasteiger partial charge in [-0.2, -0.15) is 0 Å². The van der Waals surface area contributed by atoms with E-state index in [9.17, 15) is 9.59 Å². The zero-order valence-electron chi connectivity index (χ0n) is 24.0. The summed E-state index contributed by atoms with van der Waals surface area (Å²) in [4.78, 5) is 23.7. The minimum atomic E-state index is -0.326. The Hall–Kier alpha value is 1.14. The van der Waals surface area contributed by atoms with Crippen LogP contribution in [0.2, 0.25) is 0 Å². The van der Waals surface area contributed by atoms with Crippen LogP contribution < -0.4 is 0 Å². The molecule has 0 saturated carbocycles. The first kappa shape index (κ1) is 42.6. The zero-order valence-corrected chi connectivity index (χ0v) is 24.0. The molecule has 0 atom stereocenters. The predicted molar refractivity (Wildman–Crippen MR) is 166 cm³/mol. The van der Waals surface area contributed by atoms with Gasteiger partial charge in [0, 0.05) is 12.8 Å². The van der Waals surface area contributed by atoms with E-state index in [0.29, 0.717) is 12.8 Å². The summed E-state index contributed by atoms with van der Waals surface area (Å²) < 4.78 is 4.99. The number of esters is 2. The first-order valence-corrected chi connectivity index (χ1v) is 15.9. The molecule has 37 heavy (non-hydrogen) atoms. The van der Waals surface area contributed by atoms with E-state index in [4.69, 9.17) is 4.74 Å². The topological polar surface area (TPSA) is 43.4 Å². The monoisotopic (exact) mass is 542 g/mol. The molecule has 0 aliphatic rings. The van der Waals surface area contributed by atoms with Crippen LogP contribution in [0, 0.1) is 0 Å². The number of carbonyl (C=O) groups is 2. The van der Waals surface area contributed by atoms with Crippen molar-refractivity contribution < 1.29 is 14.3 Å². The van der Waals surface area contributed by atoms with Crippen molar-refractivity contribution >= 4 is 71.1 Å². The summed E-state index contributed by atoms with van der Waals surface area (Å²) in [6.07, 6.45) is 34.3. The molecule has 0 bridgehead atoms. The number of unbranched alkanes of at least 4 members (excludes halogenated alkanes) is 24. The first-order valence-electron chi connectivity index (χ1n) is 15.9. The molecule has 0 rings (SSSR count). The summed E-state index contributed by atoms with van der Waals surface area (Å²) in [6.45, 7) is 4.54. The Morgan fingerprint density at radius 1 is 0.351 bits per heavy atom. The van der Waals surface area contributed by atoms with E-state index < -0.39 is 0 Å². The molecule has 0 unspecified atom stereocenters. The van der Waals surface area contributed by atoms with Crippen molar-refractivity contribution in [2.75, 3.05) is 0 Å². The minimum absolute atomic E-state index is 0. The van der Waals surface area contributed by atoms with Gasteiger partial charge in [-0.3, -0.25) is 9.59 Å². The molecule has 0 radical (unpaired) electrons. The summed E-state index contributed by atoms with van der Waals surface area (Å²) in [5.41, 5.74) is 0. The maximum absolute atomic E-state index is 11.8. The second-order valence-electron chi connectivity index (χ2n) is 10.8. The van der Waals surface area contributed by atoms with Crippen LogP contribution in [-0.2, 0) is 14.3 Å². The molecule has 0 aromatic rings. The van der Waals surface area contributed by atoms with Crippen molar-refractivity contribution in [3.05, 3.63) is 0 Å². The zero-order chi connectivity index (χ0) is 25.7. The third-order valence-corrected chi connectivity index (χ3v) is 7.20. The van der Waals surface area contributed by atoms with Gasteiger partial charge in [-0.15, -0.1) is 0 Å². The molecule has 0 amide bonds. The van der Waals surface area contributed by atoms with Crippen LogP contribution in [0.15, 0.2) is 0 Å². The maximum atomic E-state index is 11.8.